The molecule has 1 atom stereocenters. The molecular formula is C11H15N3O2. The van der Waals surface area contributed by atoms with Crippen LogP contribution >= 0.6 is 0 Å². The zero-order valence-electron chi connectivity index (χ0n) is 9.51. The number of hydrogen-bond acceptors (Lipinski definition) is 5. The van der Waals surface area contributed by atoms with Crippen LogP contribution in [0.2, 0.25) is 0 Å². The maximum absolute atomic E-state index is 11.6. The van der Waals surface area contributed by atoms with Crippen LogP contribution in [0.4, 0.5) is 5.82 Å². The first-order valence-electron chi connectivity index (χ1n) is 5.36. The molecule has 5 heteroatoms. The van der Waals surface area contributed by atoms with E-state index in [-0.39, 0.29) is 12.0 Å². The summed E-state index contributed by atoms with van der Waals surface area (Å²) in [6.45, 7) is 2.73. The van der Waals surface area contributed by atoms with Crippen molar-refractivity contribution in [2.45, 2.75) is 25.8 Å². The quantitative estimate of drug-likeness (QED) is 0.695. The summed E-state index contributed by atoms with van der Waals surface area (Å²) in [4.78, 5) is 22.0. The van der Waals surface area contributed by atoms with Gasteiger partial charge in [0.1, 0.15) is 6.04 Å². The van der Waals surface area contributed by atoms with Gasteiger partial charge in [0.2, 0.25) is 0 Å². The summed E-state index contributed by atoms with van der Waals surface area (Å²) in [5, 5.41) is 0. The molecule has 0 spiro atoms. The molecule has 2 rings (SSSR count). The van der Waals surface area contributed by atoms with Gasteiger partial charge in [0.25, 0.3) is 0 Å². The second kappa shape index (κ2) is 4.47. The number of anilines is 1. The number of hydrogen-bond donors (Lipinski definition) is 0. The third-order valence-electron chi connectivity index (χ3n) is 2.85. The number of aromatic nitrogens is 2. The summed E-state index contributed by atoms with van der Waals surface area (Å²) in [6, 6.07) is -0.208. The molecule has 5 nitrogen and oxygen atoms in total. The third-order valence-corrected chi connectivity index (χ3v) is 2.85. The van der Waals surface area contributed by atoms with Crippen LogP contribution in [-0.4, -0.2) is 35.6 Å². The van der Waals surface area contributed by atoms with E-state index in [9.17, 15) is 4.79 Å². The second-order valence-electron chi connectivity index (χ2n) is 3.84. The van der Waals surface area contributed by atoms with E-state index in [0.29, 0.717) is 0 Å². The molecule has 0 bridgehead atoms. The monoisotopic (exact) mass is 221 g/mol. The lowest BCUT2D eigenvalue weighted by atomic mass is 10.2. The van der Waals surface area contributed by atoms with E-state index < -0.39 is 0 Å². The molecule has 0 aliphatic carbocycles. The van der Waals surface area contributed by atoms with Crippen molar-refractivity contribution in [2.75, 3.05) is 18.6 Å². The molecule has 1 aromatic rings. The van der Waals surface area contributed by atoms with E-state index in [2.05, 4.69) is 9.97 Å². The second-order valence-corrected chi connectivity index (χ2v) is 3.84. The Morgan fingerprint density at radius 1 is 1.50 bits per heavy atom. The highest BCUT2D eigenvalue weighted by atomic mass is 16.5. The number of nitrogens with zero attached hydrogens (tertiary/aromatic N) is 3. The van der Waals surface area contributed by atoms with E-state index in [4.69, 9.17) is 4.74 Å². The van der Waals surface area contributed by atoms with Gasteiger partial charge in [-0.1, -0.05) is 0 Å². The maximum atomic E-state index is 11.6. The fourth-order valence-corrected chi connectivity index (χ4v) is 2.08. The fourth-order valence-electron chi connectivity index (χ4n) is 2.08. The molecule has 16 heavy (non-hydrogen) atoms. The minimum absolute atomic E-state index is 0.192. The number of aryl methyl sites for hydroxylation is 1. The van der Waals surface area contributed by atoms with Crippen molar-refractivity contribution in [2.24, 2.45) is 0 Å². The average Bonchev–Trinajstić information content (AvgIpc) is 2.77. The van der Waals surface area contributed by atoms with E-state index in [1.165, 1.54) is 7.11 Å². The highest BCUT2D eigenvalue weighted by Crippen LogP contribution is 2.25. The number of esters is 1. The van der Waals surface area contributed by atoms with Gasteiger partial charge in [0.05, 0.1) is 12.8 Å². The largest absolute Gasteiger partial charge is 0.467 e. The van der Waals surface area contributed by atoms with Gasteiger partial charge in [-0.2, -0.15) is 0 Å². The first-order valence-corrected chi connectivity index (χ1v) is 5.36. The summed E-state index contributed by atoms with van der Waals surface area (Å²) in [5.74, 6) is 0.595. The van der Waals surface area contributed by atoms with Crippen molar-refractivity contribution < 1.29 is 9.53 Å². The van der Waals surface area contributed by atoms with E-state index in [1.807, 2.05) is 11.8 Å². The third kappa shape index (κ3) is 1.85. The number of ether oxygens (including phenoxy) is 1. The lowest BCUT2D eigenvalue weighted by Gasteiger charge is -2.24. The van der Waals surface area contributed by atoms with Crippen molar-refractivity contribution >= 4 is 11.8 Å². The molecule has 0 aromatic carbocycles. The van der Waals surface area contributed by atoms with Crippen LogP contribution in [0.15, 0.2) is 12.4 Å². The first kappa shape index (κ1) is 10.9. The fraction of sp³-hybridized carbons (Fsp3) is 0.545. The lowest BCUT2D eigenvalue weighted by Crippen LogP contribution is -2.37. The lowest BCUT2D eigenvalue weighted by molar-refractivity contribution is -0.141. The summed E-state index contributed by atoms with van der Waals surface area (Å²) in [7, 11) is 1.42. The Labute approximate surface area is 94.5 Å². The summed E-state index contributed by atoms with van der Waals surface area (Å²) in [6.07, 6.45) is 5.11. The zero-order chi connectivity index (χ0) is 11.5. The van der Waals surface area contributed by atoms with Crippen LogP contribution in [0, 0.1) is 6.92 Å². The van der Waals surface area contributed by atoms with Gasteiger partial charge < -0.3 is 9.64 Å². The molecular weight excluding hydrogens is 206 g/mol. The smallest absolute Gasteiger partial charge is 0.328 e. The molecule has 0 N–H and O–H groups in total. The molecule has 1 aliphatic heterocycles. The van der Waals surface area contributed by atoms with Gasteiger partial charge in [-0.05, 0) is 19.8 Å². The Morgan fingerprint density at radius 2 is 2.25 bits per heavy atom. The van der Waals surface area contributed by atoms with Gasteiger partial charge >= 0.3 is 5.97 Å². The highest BCUT2D eigenvalue weighted by Gasteiger charge is 2.33. The Kier molecular flexibility index (Phi) is 3.03. The van der Waals surface area contributed by atoms with Crippen molar-refractivity contribution in [3.63, 3.8) is 0 Å². The molecule has 0 amide bonds. The molecule has 1 saturated heterocycles. The molecule has 0 saturated carbocycles. The average molecular weight is 221 g/mol. The highest BCUT2D eigenvalue weighted by molar-refractivity contribution is 5.80. The zero-order valence-corrected chi connectivity index (χ0v) is 9.51. The topological polar surface area (TPSA) is 55.3 Å². The molecule has 1 fully saturated rings. The Bertz CT molecular complexity index is 395. The molecule has 86 valence electrons. The van der Waals surface area contributed by atoms with Gasteiger partial charge in [0.15, 0.2) is 5.82 Å². The van der Waals surface area contributed by atoms with Gasteiger partial charge in [-0.25, -0.2) is 9.78 Å². The van der Waals surface area contributed by atoms with Crippen LogP contribution in [0.25, 0.3) is 0 Å². The predicted octanol–water partition coefficient (Wildman–Crippen LogP) is 0.927. The minimum Gasteiger partial charge on any atom is -0.467 e. The predicted molar refractivity (Wildman–Crippen MR) is 59.2 cm³/mol. The normalized spacial score (nSPS) is 19.9. The first-order chi connectivity index (χ1) is 7.74. The van der Waals surface area contributed by atoms with Gasteiger partial charge in [-0.3, -0.25) is 4.98 Å². The standard InChI is InChI=1S/C11H15N3O2/c1-8-10(13-6-5-12-8)14-7-3-4-9(14)11(15)16-2/h5-6,9H,3-4,7H2,1-2H3. The summed E-state index contributed by atoms with van der Waals surface area (Å²) >= 11 is 0. The SMILES string of the molecule is COC(=O)C1CCCN1c1nccnc1C. The molecule has 1 unspecified atom stereocenters. The molecule has 0 radical (unpaired) electrons. The van der Waals surface area contributed by atoms with Crippen LogP contribution in [-0.2, 0) is 9.53 Å². The Morgan fingerprint density at radius 3 is 2.94 bits per heavy atom. The maximum Gasteiger partial charge on any atom is 0.328 e. The summed E-state index contributed by atoms with van der Waals surface area (Å²) < 4.78 is 4.80. The van der Waals surface area contributed by atoms with Crippen molar-refractivity contribution in [3.05, 3.63) is 18.1 Å². The number of methoxy groups -OCH3 is 1. The van der Waals surface area contributed by atoms with E-state index in [1.54, 1.807) is 12.4 Å². The minimum atomic E-state index is -0.208. The number of carbonyl (C=O) groups excluding carboxylic acids is 1. The van der Waals surface area contributed by atoms with Crippen molar-refractivity contribution in [1.29, 1.82) is 0 Å². The van der Waals surface area contributed by atoms with Gasteiger partial charge in [-0.15, -0.1) is 0 Å². The van der Waals surface area contributed by atoms with E-state index in [0.717, 1.165) is 30.9 Å². The van der Waals surface area contributed by atoms with Crippen LogP contribution in [0.1, 0.15) is 18.5 Å². The molecule has 2 heterocycles. The molecule has 1 aliphatic rings. The number of carbonyl (C=O) groups is 1. The number of rotatable bonds is 2. The summed E-state index contributed by atoms with van der Waals surface area (Å²) in [5.41, 5.74) is 0.846. The van der Waals surface area contributed by atoms with Crippen LogP contribution < -0.4 is 4.90 Å². The Balaban J connectivity index is 2.27. The van der Waals surface area contributed by atoms with E-state index >= 15 is 0 Å². The van der Waals surface area contributed by atoms with Crippen molar-refractivity contribution in [3.8, 4) is 0 Å². The Hall–Kier alpha value is -1.65. The van der Waals surface area contributed by atoms with Crippen LogP contribution in [0.5, 0.6) is 0 Å². The van der Waals surface area contributed by atoms with Crippen molar-refractivity contribution in [1.82, 2.24) is 9.97 Å². The van der Waals surface area contributed by atoms with Gasteiger partial charge in [0, 0.05) is 18.9 Å². The molecule has 1 aromatic heterocycles. The van der Waals surface area contributed by atoms with Crippen LogP contribution in [0.3, 0.4) is 0 Å².